The molecule has 1 aromatic rings. The number of aryl methyl sites for hydroxylation is 3. The molecule has 0 radical (unpaired) electrons. The van der Waals surface area contributed by atoms with Crippen LogP contribution in [0.4, 0.5) is 0 Å². The zero-order valence-electron chi connectivity index (χ0n) is 9.95. The molecular formula is C12H19NaO3S. The van der Waals surface area contributed by atoms with Gasteiger partial charge in [-0.3, -0.25) is 4.55 Å². The van der Waals surface area contributed by atoms with Gasteiger partial charge in [-0.05, 0) is 36.0 Å². The summed E-state index contributed by atoms with van der Waals surface area (Å²) in [5, 5.41) is 0. The van der Waals surface area contributed by atoms with Gasteiger partial charge in [-0.1, -0.05) is 32.9 Å². The molecule has 5 heteroatoms. The molecule has 0 aliphatic heterocycles. The molecule has 1 aromatic carbocycles. The van der Waals surface area contributed by atoms with Gasteiger partial charge in [0, 0.05) is 0 Å². The third-order valence-corrected chi connectivity index (χ3v) is 3.77. The third-order valence-electron chi connectivity index (χ3n) is 2.73. The molecule has 17 heavy (non-hydrogen) atoms. The Kier molecular flexibility index (Phi) is 6.95. The van der Waals surface area contributed by atoms with Crippen LogP contribution < -0.4 is 0 Å². The van der Waals surface area contributed by atoms with E-state index < -0.39 is 10.1 Å². The summed E-state index contributed by atoms with van der Waals surface area (Å²) in [7, 11) is -4.11. The molecule has 0 heterocycles. The van der Waals surface area contributed by atoms with E-state index in [1.807, 2.05) is 32.9 Å². The van der Waals surface area contributed by atoms with Crippen LogP contribution in [0.3, 0.4) is 0 Å². The van der Waals surface area contributed by atoms with Crippen LogP contribution in [0.15, 0.2) is 17.0 Å². The molecule has 0 amide bonds. The molecule has 1 N–H and O–H groups in total. The molecule has 1 rings (SSSR count). The Hall–Kier alpha value is 0.130. The first-order valence-corrected chi connectivity index (χ1v) is 7.00. The molecule has 0 bridgehead atoms. The SMILES string of the molecule is CCc1cc(CC)c(S(=O)(=O)O)c(CC)c1.[NaH]. The van der Waals surface area contributed by atoms with Crippen LogP contribution in [0.25, 0.3) is 0 Å². The number of hydrogen-bond acceptors (Lipinski definition) is 2. The Balaban J connectivity index is 0.00000256. The van der Waals surface area contributed by atoms with E-state index in [2.05, 4.69) is 0 Å². The van der Waals surface area contributed by atoms with Gasteiger partial charge in [0.1, 0.15) is 4.90 Å². The Morgan fingerprint density at radius 3 is 1.65 bits per heavy atom. The van der Waals surface area contributed by atoms with E-state index in [0.29, 0.717) is 24.0 Å². The van der Waals surface area contributed by atoms with E-state index in [0.717, 1.165) is 12.0 Å². The molecule has 0 atom stereocenters. The molecular weight excluding hydrogens is 247 g/mol. The predicted octanol–water partition coefficient (Wildman–Crippen LogP) is 1.97. The fraction of sp³-hybridized carbons (Fsp3) is 0.500. The molecule has 0 aromatic heterocycles. The second-order valence-electron chi connectivity index (χ2n) is 3.78. The average Bonchev–Trinajstić information content (AvgIpc) is 2.25. The van der Waals surface area contributed by atoms with Crippen LogP contribution in [0.2, 0.25) is 0 Å². The summed E-state index contributed by atoms with van der Waals surface area (Å²) in [4.78, 5) is 0.106. The van der Waals surface area contributed by atoms with Crippen LogP contribution >= 0.6 is 0 Å². The van der Waals surface area contributed by atoms with Gasteiger partial charge < -0.3 is 0 Å². The summed E-state index contributed by atoms with van der Waals surface area (Å²) in [6, 6.07) is 3.73. The normalized spacial score (nSPS) is 11.1. The summed E-state index contributed by atoms with van der Waals surface area (Å²) in [5.41, 5.74) is 2.53. The molecule has 0 spiro atoms. The molecule has 3 nitrogen and oxygen atoms in total. The summed E-state index contributed by atoms with van der Waals surface area (Å²) >= 11 is 0. The second kappa shape index (κ2) is 6.90. The van der Waals surface area contributed by atoms with E-state index in [1.54, 1.807) is 0 Å². The van der Waals surface area contributed by atoms with Crippen LogP contribution in [0, 0.1) is 0 Å². The standard InChI is InChI=1S/C12H18O3S.Na.H/c1-4-9-7-10(5-2)12(16(13,14)15)11(6-3)8-9;;/h7-8H,4-6H2,1-3H3,(H,13,14,15);;. The molecule has 0 saturated heterocycles. The van der Waals surface area contributed by atoms with Gasteiger partial charge in [0.05, 0.1) is 0 Å². The van der Waals surface area contributed by atoms with Crippen molar-refractivity contribution in [2.24, 2.45) is 0 Å². The minimum absolute atomic E-state index is 0. The van der Waals surface area contributed by atoms with Crippen molar-refractivity contribution in [3.05, 3.63) is 28.8 Å². The van der Waals surface area contributed by atoms with E-state index >= 15 is 0 Å². The zero-order chi connectivity index (χ0) is 12.3. The van der Waals surface area contributed by atoms with Crippen LogP contribution in [0.1, 0.15) is 37.5 Å². The first kappa shape index (κ1) is 17.1. The fourth-order valence-electron chi connectivity index (χ4n) is 1.89. The van der Waals surface area contributed by atoms with E-state index in [-0.39, 0.29) is 34.5 Å². The van der Waals surface area contributed by atoms with Crippen molar-refractivity contribution < 1.29 is 13.0 Å². The number of rotatable bonds is 4. The average molecular weight is 266 g/mol. The van der Waals surface area contributed by atoms with Gasteiger partial charge in [0.25, 0.3) is 10.1 Å². The van der Waals surface area contributed by atoms with Crippen LogP contribution in [0.5, 0.6) is 0 Å². The second-order valence-corrected chi connectivity index (χ2v) is 5.14. The number of benzene rings is 1. The molecule has 0 fully saturated rings. The van der Waals surface area contributed by atoms with Gasteiger partial charge in [0.15, 0.2) is 0 Å². The Labute approximate surface area is 126 Å². The summed E-state index contributed by atoms with van der Waals surface area (Å²) < 4.78 is 31.9. The van der Waals surface area contributed by atoms with Gasteiger partial charge in [-0.25, -0.2) is 0 Å². The summed E-state index contributed by atoms with van der Waals surface area (Å²) in [6.07, 6.45) is 2.08. The van der Waals surface area contributed by atoms with Crippen molar-refractivity contribution in [1.82, 2.24) is 0 Å². The summed E-state index contributed by atoms with van der Waals surface area (Å²) in [6.45, 7) is 5.81. The summed E-state index contributed by atoms with van der Waals surface area (Å²) in [5.74, 6) is 0. The first-order chi connectivity index (χ1) is 7.43. The predicted molar refractivity (Wildman–Crippen MR) is 71.5 cm³/mol. The van der Waals surface area contributed by atoms with Gasteiger partial charge in [-0.2, -0.15) is 8.42 Å². The van der Waals surface area contributed by atoms with Crippen molar-refractivity contribution in [3.8, 4) is 0 Å². The molecule has 92 valence electrons. The van der Waals surface area contributed by atoms with E-state index in [4.69, 9.17) is 0 Å². The molecule has 0 aliphatic rings. The van der Waals surface area contributed by atoms with E-state index in [1.165, 1.54) is 0 Å². The van der Waals surface area contributed by atoms with Crippen LogP contribution in [-0.2, 0) is 29.4 Å². The van der Waals surface area contributed by atoms with Crippen molar-refractivity contribution in [3.63, 3.8) is 0 Å². The Morgan fingerprint density at radius 2 is 1.41 bits per heavy atom. The molecule has 0 aliphatic carbocycles. The Morgan fingerprint density at radius 1 is 1.00 bits per heavy atom. The Bertz CT molecular complexity index is 456. The van der Waals surface area contributed by atoms with Crippen molar-refractivity contribution in [2.45, 2.75) is 44.9 Å². The first-order valence-electron chi connectivity index (χ1n) is 5.56. The third kappa shape index (κ3) is 4.07. The maximum absolute atomic E-state index is 11.3. The molecule has 0 saturated carbocycles. The maximum atomic E-state index is 11.3. The minimum atomic E-state index is -4.11. The van der Waals surface area contributed by atoms with Gasteiger partial charge >= 0.3 is 29.6 Å². The molecule has 0 unspecified atom stereocenters. The van der Waals surface area contributed by atoms with Crippen molar-refractivity contribution in [2.75, 3.05) is 0 Å². The van der Waals surface area contributed by atoms with Crippen LogP contribution in [-0.4, -0.2) is 42.5 Å². The topological polar surface area (TPSA) is 54.4 Å². The van der Waals surface area contributed by atoms with Gasteiger partial charge in [0.2, 0.25) is 0 Å². The number of hydrogen-bond donors (Lipinski definition) is 1. The van der Waals surface area contributed by atoms with Crippen molar-refractivity contribution in [1.29, 1.82) is 0 Å². The quantitative estimate of drug-likeness (QED) is 0.669. The monoisotopic (exact) mass is 266 g/mol. The van der Waals surface area contributed by atoms with E-state index in [9.17, 15) is 13.0 Å². The fourth-order valence-corrected chi connectivity index (χ4v) is 2.96. The zero-order valence-corrected chi connectivity index (χ0v) is 10.8. The van der Waals surface area contributed by atoms with Crippen molar-refractivity contribution >= 4 is 39.7 Å². The van der Waals surface area contributed by atoms with Gasteiger partial charge in [-0.15, -0.1) is 0 Å².